The molecular weight excluding hydrogens is 230 g/mol. The minimum atomic E-state index is 1.24. The first-order chi connectivity index (χ1) is 9.27. The number of rotatable bonds is 2. The summed E-state index contributed by atoms with van der Waals surface area (Å²) in [4.78, 5) is 0. The van der Waals surface area contributed by atoms with E-state index in [0.717, 1.165) is 0 Å². The van der Waals surface area contributed by atoms with Crippen molar-refractivity contribution < 1.29 is 0 Å². The van der Waals surface area contributed by atoms with Crippen molar-refractivity contribution in [3.8, 4) is 16.8 Å². The second-order valence-corrected chi connectivity index (χ2v) is 4.83. The summed E-state index contributed by atoms with van der Waals surface area (Å²) in [5.41, 5.74) is 6.30. The average Bonchev–Trinajstić information content (AvgIpc) is 2.79. The molecule has 0 saturated carbocycles. The molecule has 0 aliphatic rings. The molecule has 0 atom stereocenters. The van der Waals surface area contributed by atoms with Crippen LogP contribution >= 0.6 is 0 Å². The van der Waals surface area contributed by atoms with Crippen LogP contribution in [0.25, 0.3) is 16.8 Å². The molecule has 2 aromatic carbocycles. The number of nitrogens with zero attached hydrogens (tertiary/aromatic N) is 1. The maximum Gasteiger partial charge on any atom is 0.0533 e. The van der Waals surface area contributed by atoms with E-state index in [1.807, 2.05) is 0 Å². The van der Waals surface area contributed by atoms with E-state index >= 15 is 0 Å². The monoisotopic (exact) mass is 247 g/mol. The lowest BCUT2D eigenvalue weighted by atomic mass is 10.0. The number of hydrogen-bond donors (Lipinski definition) is 0. The lowest BCUT2D eigenvalue weighted by Crippen LogP contribution is -2.00. The van der Waals surface area contributed by atoms with E-state index in [1.54, 1.807) is 0 Å². The fourth-order valence-electron chi connectivity index (χ4n) is 2.58. The molecule has 0 aliphatic heterocycles. The van der Waals surface area contributed by atoms with E-state index in [1.165, 1.54) is 28.2 Å². The molecule has 0 fully saturated rings. The van der Waals surface area contributed by atoms with E-state index in [0.29, 0.717) is 0 Å². The first-order valence-corrected chi connectivity index (χ1v) is 6.57. The standard InChI is InChI=1S/C18H17N/c1-14-12-13-15(2)19(14)18-11-7-6-10-17(18)16-8-4-3-5-9-16/h3-13H,1-2H3. The van der Waals surface area contributed by atoms with Gasteiger partial charge in [-0.15, -0.1) is 0 Å². The van der Waals surface area contributed by atoms with Gasteiger partial charge in [0, 0.05) is 17.0 Å². The van der Waals surface area contributed by atoms with Gasteiger partial charge in [0.15, 0.2) is 0 Å². The summed E-state index contributed by atoms with van der Waals surface area (Å²) in [5.74, 6) is 0. The third-order valence-electron chi connectivity index (χ3n) is 3.50. The van der Waals surface area contributed by atoms with Gasteiger partial charge in [-0.05, 0) is 37.6 Å². The molecule has 3 aromatic rings. The first kappa shape index (κ1) is 11.8. The van der Waals surface area contributed by atoms with Crippen LogP contribution in [0, 0.1) is 13.8 Å². The minimum absolute atomic E-state index is 1.24. The minimum Gasteiger partial charge on any atom is -0.318 e. The topological polar surface area (TPSA) is 4.93 Å². The summed E-state index contributed by atoms with van der Waals surface area (Å²) in [6, 6.07) is 23.4. The highest BCUT2D eigenvalue weighted by molar-refractivity contribution is 5.73. The van der Waals surface area contributed by atoms with Gasteiger partial charge in [0.1, 0.15) is 0 Å². The van der Waals surface area contributed by atoms with Gasteiger partial charge in [0.2, 0.25) is 0 Å². The molecule has 0 radical (unpaired) electrons. The van der Waals surface area contributed by atoms with E-state index in [9.17, 15) is 0 Å². The van der Waals surface area contributed by atoms with E-state index in [2.05, 4.69) is 85.1 Å². The highest BCUT2D eigenvalue weighted by Gasteiger charge is 2.09. The van der Waals surface area contributed by atoms with Crippen molar-refractivity contribution in [2.45, 2.75) is 13.8 Å². The Morgan fingerprint density at radius 1 is 0.632 bits per heavy atom. The Kier molecular flexibility index (Phi) is 2.96. The number of para-hydroxylation sites is 1. The summed E-state index contributed by atoms with van der Waals surface area (Å²) in [5, 5.41) is 0. The van der Waals surface area contributed by atoms with Gasteiger partial charge in [-0.1, -0.05) is 48.5 Å². The summed E-state index contributed by atoms with van der Waals surface area (Å²) in [6.45, 7) is 4.30. The molecule has 0 unspecified atom stereocenters. The Bertz CT molecular complexity index is 673. The van der Waals surface area contributed by atoms with Gasteiger partial charge in [-0.3, -0.25) is 0 Å². The molecule has 0 bridgehead atoms. The van der Waals surface area contributed by atoms with Gasteiger partial charge in [0.05, 0.1) is 5.69 Å². The normalized spacial score (nSPS) is 10.6. The van der Waals surface area contributed by atoms with Crippen LogP contribution in [0.15, 0.2) is 66.7 Å². The fourth-order valence-corrected chi connectivity index (χ4v) is 2.58. The van der Waals surface area contributed by atoms with Gasteiger partial charge >= 0.3 is 0 Å². The largest absolute Gasteiger partial charge is 0.318 e. The van der Waals surface area contributed by atoms with Crippen LogP contribution in [0.5, 0.6) is 0 Å². The van der Waals surface area contributed by atoms with Crippen molar-refractivity contribution in [3.63, 3.8) is 0 Å². The van der Waals surface area contributed by atoms with Crippen molar-refractivity contribution in [2.75, 3.05) is 0 Å². The Balaban J connectivity index is 2.24. The number of benzene rings is 2. The molecule has 0 amide bonds. The molecule has 94 valence electrons. The number of aryl methyl sites for hydroxylation is 2. The van der Waals surface area contributed by atoms with Gasteiger partial charge in [0.25, 0.3) is 0 Å². The molecule has 0 spiro atoms. The predicted octanol–water partition coefficient (Wildman–Crippen LogP) is 4.76. The second-order valence-electron chi connectivity index (χ2n) is 4.83. The van der Waals surface area contributed by atoms with Crippen molar-refractivity contribution >= 4 is 0 Å². The third-order valence-corrected chi connectivity index (χ3v) is 3.50. The highest BCUT2D eigenvalue weighted by atomic mass is 15.0. The maximum atomic E-state index is 2.31. The molecule has 1 nitrogen and oxygen atoms in total. The molecule has 0 saturated heterocycles. The first-order valence-electron chi connectivity index (χ1n) is 6.57. The van der Waals surface area contributed by atoms with Crippen molar-refractivity contribution in [1.29, 1.82) is 0 Å². The van der Waals surface area contributed by atoms with Gasteiger partial charge < -0.3 is 4.57 Å². The van der Waals surface area contributed by atoms with Crippen molar-refractivity contribution in [3.05, 3.63) is 78.1 Å². The lowest BCUT2D eigenvalue weighted by Gasteiger charge is -2.14. The van der Waals surface area contributed by atoms with Crippen LogP contribution in [0.2, 0.25) is 0 Å². The smallest absolute Gasteiger partial charge is 0.0533 e. The van der Waals surface area contributed by atoms with Crippen LogP contribution in [-0.2, 0) is 0 Å². The molecular formula is C18H17N. The average molecular weight is 247 g/mol. The zero-order valence-electron chi connectivity index (χ0n) is 11.3. The quantitative estimate of drug-likeness (QED) is 0.615. The van der Waals surface area contributed by atoms with Gasteiger partial charge in [-0.2, -0.15) is 0 Å². The molecule has 0 aliphatic carbocycles. The number of hydrogen-bond acceptors (Lipinski definition) is 0. The Labute approximate surface area is 114 Å². The molecule has 3 rings (SSSR count). The van der Waals surface area contributed by atoms with Crippen LogP contribution in [0.3, 0.4) is 0 Å². The maximum absolute atomic E-state index is 2.31. The Hall–Kier alpha value is -2.28. The molecule has 19 heavy (non-hydrogen) atoms. The molecule has 0 N–H and O–H groups in total. The number of aromatic nitrogens is 1. The van der Waals surface area contributed by atoms with Crippen LogP contribution in [-0.4, -0.2) is 4.57 Å². The zero-order chi connectivity index (χ0) is 13.2. The summed E-state index contributed by atoms with van der Waals surface area (Å²) < 4.78 is 2.31. The Morgan fingerprint density at radius 2 is 1.21 bits per heavy atom. The van der Waals surface area contributed by atoms with Crippen LogP contribution in [0.4, 0.5) is 0 Å². The third kappa shape index (κ3) is 2.08. The summed E-state index contributed by atoms with van der Waals surface area (Å²) in [7, 11) is 0. The van der Waals surface area contributed by atoms with Crippen LogP contribution in [0.1, 0.15) is 11.4 Å². The van der Waals surface area contributed by atoms with Crippen molar-refractivity contribution in [2.24, 2.45) is 0 Å². The predicted molar refractivity (Wildman–Crippen MR) is 80.7 cm³/mol. The molecule has 1 aromatic heterocycles. The van der Waals surface area contributed by atoms with E-state index < -0.39 is 0 Å². The summed E-state index contributed by atoms with van der Waals surface area (Å²) in [6.07, 6.45) is 0. The highest BCUT2D eigenvalue weighted by Crippen LogP contribution is 2.28. The zero-order valence-corrected chi connectivity index (χ0v) is 11.3. The van der Waals surface area contributed by atoms with E-state index in [4.69, 9.17) is 0 Å². The van der Waals surface area contributed by atoms with Gasteiger partial charge in [-0.25, -0.2) is 0 Å². The lowest BCUT2D eigenvalue weighted by molar-refractivity contribution is 0.968. The molecule has 1 heteroatoms. The second kappa shape index (κ2) is 4.77. The SMILES string of the molecule is Cc1ccc(C)n1-c1ccccc1-c1ccccc1. The Morgan fingerprint density at radius 3 is 1.89 bits per heavy atom. The summed E-state index contributed by atoms with van der Waals surface area (Å²) >= 11 is 0. The van der Waals surface area contributed by atoms with E-state index in [-0.39, 0.29) is 0 Å². The molecule has 1 heterocycles. The van der Waals surface area contributed by atoms with Crippen LogP contribution < -0.4 is 0 Å². The fraction of sp³-hybridized carbons (Fsp3) is 0.111. The van der Waals surface area contributed by atoms with Crippen molar-refractivity contribution in [1.82, 2.24) is 4.57 Å².